The second kappa shape index (κ2) is 8.36. The molecule has 1 aliphatic rings. The summed E-state index contributed by atoms with van der Waals surface area (Å²) in [6.45, 7) is 1.14. The number of carbonyl (C=O) groups excluding carboxylic acids is 3. The van der Waals surface area contributed by atoms with E-state index in [2.05, 4.69) is 10.6 Å². The molecule has 1 saturated carbocycles. The van der Waals surface area contributed by atoms with Crippen molar-refractivity contribution >= 4 is 17.8 Å². The number of nitrogens with one attached hydrogen (secondary N) is 2. The highest BCUT2D eigenvalue weighted by molar-refractivity contribution is 5.97. The van der Waals surface area contributed by atoms with E-state index in [1.165, 1.54) is 33.3 Å². The average molecular weight is 350 g/mol. The van der Waals surface area contributed by atoms with Crippen LogP contribution in [0, 0.1) is 0 Å². The molecule has 2 N–H and O–H groups in total. The molecule has 1 aliphatic carbocycles. The summed E-state index contributed by atoms with van der Waals surface area (Å²) < 4.78 is 15.2. The maximum atomic E-state index is 12.1. The van der Waals surface area contributed by atoms with Gasteiger partial charge in [0.15, 0.2) is 6.10 Å². The van der Waals surface area contributed by atoms with Crippen molar-refractivity contribution in [1.82, 2.24) is 10.6 Å². The monoisotopic (exact) mass is 350 g/mol. The van der Waals surface area contributed by atoms with Gasteiger partial charge in [0.25, 0.3) is 11.8 Å². The number of carbonyl (C=O) groups is 3. The fourth-order valence-corrected chi connectivity index (χ4v) is 2.03. The maximum Gasteiger partial charge on any atom is 0.326 e. The third-order valence-electron chi connectivity index (χ3n) is 3.61. The van der Waals surface area contributed by atoms with Gasteiger partial charge in [-0.2, -0.15) is 0 Å². The first-order chi connectivity index (χ1) is 11.9. The Balaban J connectivity index is 1.84. The summed E-state index contributed by atoms with van der Waals surface area (Å²) in [6, 6.07) is 4.87. The van der Waals surface area contributed by atoms with Crippen LogP contribution in [0.3, 0.4) is 0 Å². The summed E-state index contributed by atoms with van der Waals surface area (Å²) in [5.41, 5.74) is 0.281. The number of ether oxygens (including phenoxy) is 3. The summed E-state index contributed by atoms with van der Waals surface area (Å²) in [7, 11) is 2.95. The van der Waals surface area contributed by atoms with Gasteiger partial charge in [-0.3, -0.25) is 14.4 Å². The van der Waals surface area contributed by atoms with Gasteiger partial charge in [-0.1, -0.05) is 0 Å². The Morgan fingerprint density at radius 3 is 2.24 bits per heavy atom. The van der Waals surface area contributed by atoms with Crippen molar-refractivity contribution < 1.29 is 28.6 Å². The number of hydrogen-bond acceptors (Lipinski definition) is 6. The van der Waals surface area contributed by atoms with E-state index in [0.717, 1.165) is 12.8 Å². The van der Waals surface area contributed by atoms with Crippen molar-refractivity contribution in [2.45, 2.75) is 31.9 Å². The number of benzene rings is 1. The molecule has 0 radical (unpaired) electrons. The molecule has 0 aromatic heterocycles. The van der Waals surface area contributed by atoms with Crippen LogP contribution in [0.25, 0.3) is 0 Å². The van der Waals surface area contributed by atoms with Crippen molar-refractivity contribution in [3.8, 4) is 11.5 Å². The van der Waals surface area contributed by atoms with Crippen LogP contribution in [0.15, 0.2) is 18.2 Å². The molecule has 1 atom stereocenters. The molecule has 1 fully saturated rings. The van der Waals surface area contributed by atoms with E-state index in [9.17, 15) is 14.4 Å². The van der Waals surface area contributed by atoms with Crippen LogP contribution >= 0.6 is 0 Å². The number of rotatable bonds is 8. The van der Waals surface area contributed by atoms with E-state index in [1.54, 1.807) is 6.07 Å². The van der Waals surface area contributed by atoms with Crippen molar-refractivity contribution in [1.29, 1.82) is 0 Å². The molecule has 0 unspecified atom stereocenters. The lowest BCUT2D eigenvalue weighted by Gasteiger charge is -2.13. The van der Waals surface area contributed by atoms with E-state index in [1.807, 2.05) is 0 Å². The standard InChI is InChI=1S/C17H22N2O6/c1-10(16(21)19-12-4-5-12)25-15(20)9-18-17(22)11-6-13(23-2)8-14(7-11)24-3/h6-8,10,12H,4-5,9H2,1-3H3,(H,18,22)(H,19,21)/t10-/m1/s1. The third kappa shape index (κ3) is 5.66. The summed E-state index contributed by atoms with van der Waals surface area (Å²) in [4.78, 5) is 35.7. The van der Waals surface area contributed by atoms with Gasteiger partial charge in [0.2, 0.25) is 0 Å². The number of methoxy groups -OCH3 is 2. The molecule has 2 rings (SSSR count). The second-order valence-corrected chi connectivity index (χ2v) is 5.70. The van der Waals surface area contributed by atoms with E-state index >= 15 is 0 Å². The Bertz CT molecular complexity index is 634. The zero-order chi connectivity index (χ0) is 18.4. The summed E-state index contributed by atoms with van der Waals surface area (Å²) in [5.74, 6) is -0.597. The first kappa shape index (κ1) is 18.6. The molecule has 136 valence electrons. The molecule has 2 amide bonds. The van der Waals surface area contributed by atoms with Crippen LogP contribution in [0.2, 0.25) is 0 Å². The van der Waals surface area contributed by atoms with Crippen LogP contribution < -0.4 is 20.1 Å². The van der Waals surface area contributed by atoms with E-state index in [4.69, 9.17) is 14.2 Å². The highest BCUT2D eigenvalue weighted by Gasteiger charge is 2.27. The molecule has 1 aromatic rings. The van der Waals surface area contributed by atoms with Crippen molar-refractivity contribution in [2.24, 2.45) is 0 Å². The van der Waals surface area contributed by atoms with Crippen LogP contribution in [-0.2, 0) is 14.3 Å². The molecule has 25 heavy (non-hydrogen) atoms. The molecule has 8 heteroatoms. The highest BCUT2D eigenvalue weighted by atomic mass is 16.5. The molecule has 8 nitrogen and oxygen atoms in total. The molecule has 0 saturated heterocycles. The number of amides is 2. The number of esters is 1. The van der Waals surface area contributed by atoms with Gasteiger partial charge in [0, 0.05) is 17.7 Å². The molecular weight excluding hydrogens is 328 g/mol. The Morgan fingerprint density at radius 2 is 1.72 bits per heavy atom. The number of hydrogen-bond donors (Lipinski definition) is 2. The Labute approximate surface area is 145 Å². The normalized spacial score (nSPS) is 14.2. The van der Waals surface area contributed by atoms with Crippen molar-refractivity contribution in [3.63, 3.8) is 0 Å². The van der Waals surface area contributed by atoms with Crippen molar-refractivity contribution in [3.05, 3.63) is 23.8 Å². The Morgan fingerprint density at radius 1 is 1.12 bits per heavy atom. The lowest BCUT2D eigenvalue weighted by molar-refractivity contribution is -0.153. The minimum Gasteiger partial charge on any atom is -0.497 e. The predicted molar refractivity (Wildman–Crippen MR) is 88.6 cm³/mol. The SMILES string of the molecule is COc1cc(OC)cc(C(=O)NCC(=O)O[C@H](C)C(=O)NC2CC2)c1. The smallest absolute Gasteiger partial charge is 0.326 e. The quantitative estimate of drug-likeness (QED) is 0.667. The van der Waals surface area contributed by atoms with Gasteiger partial charge in [-0.05, 0) is 31.9 Å². The maximum absolute atomic E-state index is 12.1. The summed E-state index contributed by atoms with van der Waals surface area (Å²) >= 11 is 0. The molecule has 0 heterocycles. The van der Waals surface area contributed by atoms with Crippen LogP contribution in [0.5, 0.6) is 11.5 Å². The first-order valence-electron chi connectivity index (χ1n) is 7.94. The largest absolute Gasteiger partial charge is 0.497 e. The topological polar surface area (TPSA) is 103 Å². The molecular formula is C17H22N2O6. The van der Waals surface area contributed by atoms with E-state index in [-0.39, 0.29) is 24.1 Å². The zero-order valence-corrected chi connectivity index (χ0v) is 14.5. The van der Waals surface area contributed by atoms with Crippen LogP contribution in [0.1, 0.15) is 30.1 Å². The van der Waals surface area contributed by atoms with Gasteiger partial charge in [0.1, 0.15) is 18.0 Å². The zero-order valence-electron chi connectivity index (χ0n) is 14.5. The highest BCUT2D eigenvalue weighted by Crippen LogP contribution is 2.22. The molecule has 0 spiro atoms. The lowest BCUT2D eigenvalue weighted by Crippen LogP contribution is -2.39. The predicted octanol–water partition coefficient (Wildman–Crippen LogP) is 0.644. The molecule has 1 aromatic carbocycles. The van der Waals surface area contributed by atoms with Gasteiger partial charge in [-0.25, -0.2) is 0 Å². The fourth-order valence-electron chi connectivity index (χ4n) is 2.03. The Hall–Kier alpha value is -2.77. The summed E-state index contributed by atoms with van der Waals surface area (Å²) in [5, 5.41) is 5.19. The third-order valence-corrected chi connectivity index (χ3v) is 3.61. The van der Waals surface area contributed by atoms with Gasteiger partial charge >= 0.3 is 5.97 Å². The second-order valence-electron chi connectivity index (χ2n) is 5.70. The summed E-state index contributed by atoms with van der Waals surface area (Å²) in [6.07, 6.45) is 1.00. The van der Waals surface area contributed by atoms with E-state index in [0.29, 0.717) is 11.5 Å². The Kier molecular flexibility index (Phi) is 6.21. The molecule has 0 aliphatic heterocycles. The van der Waals surface area contributed by atoms with Gasteiger partial charge in [0.05, 0.1) is 14.2 Å². The van der Waals surface area contributed by atoms with Gasteiger partial charge in [-0.15, -0.1) is 0 Å². The average Bonchev–Trinajstić information content (AvgIpc) is 3.42. The minimum atomic E-state index is -0.901. The van der Waals surface area contributed by atoms with Gasteiger partial charge < -0.3 is 24.8 Å². The van der Waals surface area contributed by atoms with E-state index < -0.39 is 18.0 Å². The van der Waals surface area contributed by atoms with Crippen LogP contribution in [0.4, 0.5) is 0 Å². The molecule has 0 bridgehead atoms. The fraction of sp³-hybridized carbons (Fsp3) is 0.471. The minimum absolute atomic E-state index is 0.191. The van der Waals surface area contributed by atoms with Crippen molar-refractivity contribution in [2.75, 3.05) is 20.8 Å². The first-order valence-corrected chi connectivity index (χ1v) is 7.94. The lowest BCUT2D eigenvalue weighted by atomic mass is 10.2. The van der Waals surface area contributed by atoms with Crippen LogP contribution in [-0.4, -0.2) is 50.7 Å².